The molecule has 1 aliphatic carbocycles. The van der Waals surface area contributed by atoms with E-state index >= 15 is 0 Å². The van der Waals surface area contributed by atoms with E-state index in [9.17, 15) is 0 Å². The topological polar surface area (TPSA) is 29.3 Å². The van der Waals surface area contributed by atoms with E-state index in [0.29, 0.717) is 5.41 Å². The SMILES string of the molecule is CC1(C)CCCC1(CN)N1Cc2ccccc2C1. The summed E-state index contributed by atoms with van der Waals surface area (Å²) in [6.45, 7) is 7.74. The van der Waals surface area contributed by atoms with Crippen LogP contribution in [0, 0.1) is 5.41 Å². The molecule has 1 saturated carbocycles. The van der Waals surface area contributed by atoms with Crippen molar-refractivity contribution in [1.29, 1.82) is 0 Å². The quantitative estimate of drug-likeness (QED) is 0.866. The van der Waals surface area contributed by atoms with Crippen LogP contribution in [0.4, 0.5) is 0 Å². The Labute approximate surface area is 110 Å². The molecule has 1 atom stereocenters. The summed E-state index contributed by atoms with van der Waals surface area (Å²) < 4.78 is 0. The predicted octanol–water partition coefficient (Wildman–Crippen LogP) is 2.91. The van der Waals surface area contributed by atoms with E-state index in [-0.39, 0.29) is 5.54 Å². The summed E-state index contributed by atoms with van der Waals surface area (Å²) in [7, 11) is 0. The molecule has 1 fully saturated rings. The van der Waals surface area contributed by atoms with E-state index in [2.05, 4.69) is 43.0 Å². The fourth-order valence-electron chi connectivity index (χ4n) is 4.12. The summed E-state index contributed by atoms with van der Waals surface area (Å²) in [4.78, 5) is 2.64. The van der Waals surface area contributed by atoms with Crippen molar-refractivity contribution in [1.82, 2.24) is 4.90 Å². The Morgan fingerprint density at radius 2 is 1.72 bits per heavy atom. The number of nitrogens with two attached hydrogens (primary N) is 1. The fourth-order valence-corrected chi connectivity index (χ4v) is 4.12. The summed E-state index contributed by atoms with van der Waals surface area (Å²) in [5.74, 6) is 0. The van der Waals surface area contributed by atoms with Crippen molar-refractivity contribution in [3.8, 4) is 0 Å². The van der Waals surface area contributed by atoms with Crippen LogP contribution in [0.1, 0.15) is 44.2 Å². The maximum absolute atomic E-state index is 6.22. The molecule has 0 saturated heterocycles. The van der Waals surface area contributed by atoms with Gasteiger partial charge in [-0.25, -0.2) is 0 Å². The summed E-state index contributed by atoms with van der Waals surface area (Å²) in [6, 6.07) is 8.83. The third-order valence-electron chi connectivity index (χ3n) is 5.44. The second kappa shape index (κ2) is 4.07. The Hall–Kier alpha value is -0.860. The minimum Gasteiger partial charge on any atom is -0.329 e. The fraction of sp³-hybridized carbons (Fsp3) is 0.625. The van der Waals surface area contributed by atoms with E-state index in [1.807, 2.05) is 0 Å². The second-order valence-electron chi connectivity index (χ2n) is 6.60. The largest absolute Gasteiger partial charge is 0.329 e. The molecule has 18 heavy (non-hydrogen) atoms. The minimum atomic E-state index is 0.200. The normalized spacial score (nSPS) is 30.6. The number of fused-ring (bicyclic) bond motifs is 1. The number of rotatable bonds is 2. The molecule has 2 heteroatoms. The molecule has 0 amide bonds. The van der Waals surface area contributed by atoms with Crippen LogP contribution in [0.5, 0.6) is 0 Å². The summed E-state index contributed by atoms with van der Waals surface area (Å²) in [6.07, 6.45) is 3.87. The molecule has 1 heterocycles. The Morgan fingerprint density at radius 1 is 1.11 bits per heavy atom. The number of hydrogen-bond donors (Lipinski definition) is 1. The zero-order valence-electron chi connectivity index (χ0n) is 11.6. The molecular formula is C16H24N2. The van der Waals surface area contributed by atoms with Crippen molar-refractivity contribution >= 4 is 0 Å². The molecule has 1 unspecified atom stereocenters. The van der Waals surface area contributed by atoms with Gasteiger partial charge in [-0.05, 0) is 29.4 Å². The highest BCUT2D eigenvalue weighted by Gasteiger charge is 2.52. The van der Waals surface area contributed by atoms with Crippen LogP contribution >= 0.6 is 0 Å². The Balaban J connectivity index is 1.93. The Bertz CT molecular complexity index is 427. The smallest absolute Gasteiger partial charge is 0.0389 e. The lowest BCUT2D eigenvalue weighted by molar-refractivity contribution is 0.00909. The first kappa shape index (κ1) is 12.2. The van der Waals surface area contributed by atoms with Crippen LogP contribution in [0.3, 0.4) is 0 Å². The molecule has 1 aromatic rings. The maximum atomic E-state index is 6.22. The van der Waals surface area contributed by atoms with Crippen LogP contribution in [0.25, 0.3) is 0 Å². The van der Waals surface area contributed by atoms with Gasteiger partial charge < -0.3 is 5.73 Å². The van der Waals surface area contributed by atoms with Crippen LogP contribution in [-0.4, -0.2) is 17.0 Å². The maximum Gasteiger partial charge on any atom is 0.0389 e. The molecular weight excluding hydrogens is 220 g/mol. The average Bonchev–Trinajstić information content (AvgIpc) is 2.89. The van der Waals surface area contributed by atoms with E-state index in [4.69, 9.17) is 5.73 Å². The molecule has 0 bridgehead atoms. The van der Waals surface area contributed by atoms with Gasteiger partial charge in [-0.15, -0.1) is 0 Å². The van der Waals surface area contributed by atoms with E-state index < -0.39 is 0 Å². The average molecular weight is 244 g/mol. The number of nitrogens with zero attached hydrogens (tertiary/aromatic N) is 1. The molecule has 1 aromatic carbocycles. The molecule has 0 aromatic heterocycles. The van der Waals surface area contributed by atoms with Gasteiger partial charge in [-0.3, -0.25) is 4.90 Å². The third-order valence-corrected chi connectivity index (χ3v) is 5.44. The lowest BCUT2D eigenvalue weighted by Crippen LogP contribution is -2.57. The lowest BCUT2D eigenvalue weighted by atomic mass is 9.73. The van der Waals surface area contributed by atoms with Gasteiger partial charge in [0, 0.05) is 25.2 Å². The zero-order valence-corrected chi connectivity index (χ0v) is 11.6. The third kappa shape index (κ3) is 1.55. The molecule has 2 N–H and O–H groups in total. The van der Waals surface area contributed by atoms with E-state index in [1.165, 1.54) is 30.4 Å². The molecule has 0 radical (unpaired) electrons. The summed E-state index contributed by atoms with van der Waals surface area (Å²) >= 11 is 0. The molecule has 98 valence electrons. The van der Waals surface area contributed by atoms with Crippen molar-refractivity contribution in [2.45, 2.75) is 51.7 Å². The van der Waals surface area contributed by atoms with Gasteiger partial charge in [0.2, 0.25) is 0 Å². The van der Waals surface area contributed by atoms with Crippen molar-refractivity contribution in [3.63, 3.8) is 0 Å². The van der Waals surface area contributed by atoms with E-state index in [1.54, 1.807) is 0 Å². The van der Waals surface area contributed by atoms with Crippen molar-refractivity contribution in [3.05, 3.63) is 35.4 Å². The monoisotopic (exact) mass is 244 g/mol. The van der Waals surface area contributed by atoms with Crippen molar-refractivity contribution in [2.75, 3.05) is 6.54 Å². The Kier molecular flexibility index (Phi) is 2.76. The standard InChI is InChI=1S/C16H24N2/c1-15(2)8-5-9-16(15,12-17)18-10-13-6-3-4-7-14(13)11-18/h3-4,6-7H,5,8-12,17H2,1-2H3. The van der Waals surface area contributed by atoms with Crippen LogP contribution < -0.4 is 5.73 Å². The van der Waals surface area contributed by atoms with Crippen molar-refractivity contribution in [2.24, 2.45) is 11.1 Å². The van der Waals surface area contributed by atoms with Gasteiger partial charge in [0.05, 0.1) is 0 Å². The number of hydrogen-bond acceptors (Lipinski definition) is 2. The summed E-state index contributed by atoms with van der Waals surface area (Å²) in [5.41, 5.74) is 9.74. The van der Waals surface area contributed by atoms with Gasteiger partial charge in [-0.2, -0.15) is 0 Å². The molecule has 3 rings (SSSR count). The van der Waals surface area contributed by atoms with Gasteiger partial charge in [-0.1, -0.05) is 44.5 Å². The molecule has 2 nitrogen and oxygen atoms in total. The first-order chi connectivity index (χ1) is 8.59. The van der Waals surface area contributed by atoms with Gasteiger partial charge in [0.15, 0.2) is 0 Å². The molecule has 2 aliphatic rings. The van der Waals surface area contributed by atoms with Crippen LogP contribution in [0.2, 0.25) is 0 Å². The highest BCUT2D eigenvalue weighted by Crippen LogP contribution is 2.51. The predicted molar refractivity (Wildman–Crippen MR) is 75.1 cm³/mol. The molecule has 0 spiro atoms. The van der Waals surface area contributed by atoms with E-state index in [0.717, 1.165) is 19.6 Å². The van der Waals surface area contributed by atoms with Crippen LogP contribution in [0.15, 0.2) is 24.3 Å². The minimum absolute atomic E-state index is 0.200. The van der Waals surface area contributed by atoms with Gasteiger partial charge in [0.25, 0.3) is 0 Å². The summed E-state index contributed by atoms with van der Waals surface area (Å²) in [5, 5.41) is 0. The van der Waals surface area contributed by atoms with Crippen molar-refractivity contribution < 1.29 is 0 Å². The first-order valence-corrected chi connectivity index (χ1v) is 7.11. The van der Waals surface area contributed by atoms with Gasteiger partial charge >= 0.3 is 0 Å². The van der Waals surface area contributed by atoms with Gasteiger partial charge in [0.1, 0.15) is 0 Å². The lowest BCUT2D eigenvalue weighted by Gasteiger charge is -2.48. The van der Waals surface area contributed by atoms with Crippen LogP contribution in [-0.2, 0) is 13.1 Å². The highest BCUT2D eigenvalue weighted by molar-refractivity contribution is 5.31. The first-order valence-electron chi connectivity index (χ1n) is 7.11. The second-order valence-corrected chi connectivity index (χ2v) is 6.60. The number of benzene rings is 1. The Morgan fingerprint density at radius 3 is 2.17 bits per heavy atom. The highest BCUT2D eigenvalue weighted by atomic mass is 15.2. The zero-order chi connectivity index (χ0) is 12.8. The molecule has 1 aliphatic heterocycles.